The Morgan fingerprint density at radius 1 is 1.57 bits per heavy atom. The lowest BCUT2D eigenvalue weighted by Crippen LogP contribution is -2.22. The third-order valence-electron chi connectivity index (χ3n) is 0.452. The lowest BCUT2D eigenvalue weighted by molar-refractivity contribution is 0.997. The number of guanidine groups is 1. The number of aliphatic imine (C=N–C) groups is 1. The summed E-state index contributed by atoms with van der Waals surface area (Å²) < 4.78 is 0. The standard InChI is InChI=1S/C4H10N3/c1-2-3-7-4(5)6/h1-3H2,(H4,5,6,7)/q-1. The van der Waals surface area contributed by atoms with Gasteiger partial charge in [0.15, 0.2) is 5.96 Å². The zero-order valence-electron chi connectivity index (χ0n) is 4.22. The highest BCUT2D eigenvalue weighted by Gasteiger charge is 1.70. The fraction of sp³-hybridized carbons (Fsp3) is 0.500. The van der Waals surface area contributed by atoms with Crippen molar-refractivity contribution in [1.29, 1.82) is 0 Å². The molecule has 7 heavy (non-hydrogen) atoms. The van der Waals surface area contributed by atoms with E-state index in [1.165, 1.54) is 0 Å². The van der Waals surface area contributed by atoms with Crippen molar-refractivity contribution < 1.29 is 0 Å². The highest BCUT2D eigenvalue weighted by molar-refractivity contribution is 5.75. The number of nitrogens with two attached hydrogens (primary N) is 2. The summed E-state index contributed by atoms with van der Waals surface area (Å²) in [6.07, 6.45) is 0.748. The Labute approximate surface area is 43.4 Å². The van der Waals surface area contributed by atoms with Crippen LogP contribution in [-0.4, -0.2) is 12.5 Å². The second-order valence-corrected chi connectivity index (χ2v) is 1.16. The van der Waals surface area contributed by atoms with Crippen molar-refractivity contribution >= 4 is 5.96 Å². The molecule has 3 heteroatoms. The molecule has 0 atom stereocenters. The van der Waals surface area contributed by atoms with Crippen molar-refractivity contribution in [3.05, 3.63) is 6.92 Å². The smallest absolute Gasteiger partial charge is 0.185 e. The van der Waals surface area contributed by atoms with Gasteiger partial charge in [-0.15, -0.1) is 0 Å². The van der Waals surface area contributed by atoms with Gasteiger partial charge in [-0.3, -0.25) is 4.99 Å². The van der Waals surface area contributed by atoms with Gasteiger partial charge in [-0.05, 0) is 0 Å². The van der Waals surface area contributed by atoms with E-state index in [1.807, 2.05) is 0 Å². The Bertz CT molecular complexity index is 63.3. The second kappa shape index (κ2) is 3.46. The SMILES string of the molecule is [CH2-]CCN=C(N)N. The average molecular weight is 100 g/mol. The predicted octanol–water partition coefficient (Wildman–Crippen LogP) is -0.516. The van der Waals surface area contributed by atoms with E-state index in [2.05, 4.69) is 11.9 Å². The molecule has 0 unspecified atom stereocenters. The van der Waals surface area contributed by atoms with Gasteiger partial charge >= 0.3 is 0 Å². The summed E-state index contributed by atoms with van der Waals surface area (Å²) in [5.41, 5.74) is 9.96. The van der Waals surface area contributed by atoms with Crippen LogP contribution in [-0.2, 0) is 0 Å². The van der Waals surface area contributed by atoms with E-state index >= 15 is 0 Å². The molecule has 42 valence electrons. The topological polar surface area (TPSA) is 64.4 Å². The van der Waals surface area contributed by atoms with Gasteiger partial charge in [-0.1, -0.05) is 0 Å². The van der Waals surface area contributed by atoms with Crippen molar-refractivity contribution in [3.63, 3.8) is 0 Å². The van der Waals surface area contributed by atoms with Gasteiger partial charge in [0, 0.05) is 6.54 Å². The Kier molecular flexibility index (Phi) is 3.10. The van der Waals surface area contributed by atoms with Crippen LogP contribution in [0.2, 0.25) is 0 Å². The maximum Gasteiger partial charge on any atom is 0.185 e. The minimum Gasteiger partial charge on any atom is -0.370 e. The van der Waals surface area contributed by atoms with E-state index in [4.69, 9.17) is 11.5 Å². The van der Waals surface area contributed by atoms with E-state index in [0.29, 0.717) is 6.54 Å². The maximum atomic E-state index is 4.98. The lowest BCUT2D eigenvalue weighted by atomic mass is 10.5. The molecule has 0 heterocycles. The zero-order valence-corrected chi connectivity index (χ0v) is 4.22. The normalized spacial score (nSPS) is 8.14. The van der Waals surface area contributed by atoms with Crippen LogP contribution in [0.4, 0.5) is 0 Å². The molecule has 0 aliphatic rings. The Morgan fingerprint density at radius 2 is 2.14 bits per heavy atom. The fourth-order valence-electron chi connectivity index (χ4n) is 0.208. The quantitative estimate of drug-likeness (QED) is 0.279. The van der Waals surface area contributed by atoms with Crippen LogP contribution in [0.5, 0.6) is 0 Å². The molecule has 0 rings (SSSR count). The minimum atomic E-state index is 0.142. The molecule has 0 radical (unpaired) electrons. The van der Waals surface area contributed by atoms with E-state index in [1.54, 1.807) is 0 Å². The van der Waals surface area contributed by atoms with Gasteiger partial charge < -0.3 is 18.4 Å². The first kappa shape index (κ1) is 6.27. The Balaban J connectivity index is 3.08. The van der Waals surface area contributed by atoms with Gasteiger partial charge in [0.05, 0.1) is 0 Å². The van der Waals surface area contributed by atoms with Crippen LogP contribution in [0, 0.1) is 6.92 Å². The van der Waals surface area contributed by atoms with E-state index in [0.717, 1.165) is 6.42 Å². The zero-order chi connectivity index (χ0) is 5.70. The Morgan fingerprint density at radius 3 is 2.29 bits per heavy atom. The maximum absolute atomic E-state index is 4.98. The highest BCUT2D eigenvalue weighted by Crippen LogP contribution is 1.72. The number of hydrogen-bond donors (Lipinski definition) is 2. The molecular weight excluding hydrogens is 90.1 g/mol. The molecular formula is C4H10N3-. The number of rotatable bonds is 2. The predicted molar refractivity (Wildman–Crippen MR) is 30.7 cm³/mol. The molecule has 0 aromatic rings. The first-order chi connectivity index (χ1) is 3.27. The molecule has 3 nitrogen and oxygen atoms in total. The molecule has 0 fully saturated rings. The van der Waals surface area contributed by atoms with Crippen LogP contribution in [0.3, 0.4) is 0 Å². The largest absolute Gasteiger partial charge is 0.370 e. The summed E-state index contributed by atoms with van der Waals surface area (Å²) in [5, 5.41) is 0. The summed E-state index contributed by atoms with van der Waals surface area (Å²) in [5.74, 6) is 0.142. The third-order valence-corrected chi connectivity index (χ3v) is 0.452. The fourth-order valence-corrected chi connectivity index (χ4v) is 0.208. The second-order valence-electron chi connectivity index (χ2n) is 1.16. The summed E-state index contributed by atoms with van der Waals surface area (Å²) in [6, 6.07) is 0. The van der Waals surface area contributed by atoms with E-state index in [-0.39, 0.29) is 5.96 Å². The third kappa shape index (κ3) is 5.27. The van der Waals surface area contributed by atoms with Crippen LogP contribution in [0.15, 0.2) is 4.99 Å². The van der Waals surface area contributed by atoms with Crippen molar-refractivity contribution in [2.45, 2.75) is 6.42 Å². The van der Waals surface area contributed by atoms with Gasteiger partial charge in [-0.25, -0.2) is 0 Å². The van der Waals surface area contributed by atoms with Crippen LogP contribution in [0.1, 0.15) is 6.42 Å². The first-order valence-electron chi connectivity index (χ1n) is 2.12. The molecule has 0 aromatic carbocycles. The molecule has 4 N–H and O–H groups in total. The van der Waals surface area contributed by atoms with Gasteiger partial charge in [0.1, 0.15) is 0 Å². The van der Waals surface area contributed by atoms with Gasteiger partial charge in [0.2, 0.25) is 0 Å². The lowest BCUT2D eigenvalue weighted by Gasteiger charge is -1.90. The van der Waals surface area contributed by atoms with Gasteiger partial charge in [-0.2, -0.15) is 6.42 Å². The summed E-state index contributed by atoms with van der Waals surface area (Å²) in [4.78, 5) is 3.65. The summed E-state index contributed by atoms with van der Waals surface area (Å²) in [7, 11) is 0. The molecule has 0 saturated heterocycles. The van der Waals surface area contributed by atoms with Crippen LogP contribution >= 0.6 is 0 Å². The average Bonchev–Trinajstić information content (AvgIpc) is 1.61. The van der Waals surface area contributed by atoms with Gasteiger partial charge in [0.25, 0.3) is 0 Å². The molecule has 0 saturated carbocycles. The first-order valence-corrected chi connectivity index (χ1v) is 2.12. The molecule has 0 aliphatic carbocycles. The van der Waals surface area contributed by atoms with Crippen molar-refractivity contribution in [1.82, 2.24) is 0 Å². The van der Waals surface area contributed by atoms with E-state index < -0.39 is 0 Å². The number of hydrogen-bond acceptors (Lipinski definition) is 1. The number of nitrogens with zero attached hydrogens (tertiary/aromatic N) is 1. The summed E-state index contributed by atoms with van der Waals surface area (Å²) in [6.45, 7) is 4.17. The molecule has 0 bridgehead atoms. The van der Waals surface area contributed by atoms with Crippen molar-refractivity contribution in [3.8, 4) is 0 Å². The van der Waals surface area contributed by atoms with E-state index in [9.17, 15) is 0 Å². The van der Waals surface area contributed by atoms with Crippen molar-refractivity contribution in [2.75, 3.05) is 6.54 Å². The minimum absolute atomic E-state index is 0.142. The molecule has 0 amide bonds. The molecule has 0 aliphatic heterocycles. The van der Waals surface area contributed by atoms with Crippen LogP contribution in [0.25, 0.3) is 0 Å². The monoisotopic (exact) mass is 100 g/mol. The molecule has 0 spiro atoms. The molecule has 0 aromatic heterocycles. The Hall–Kier alpha value is -0.730. The van der Waals surface area contributed by atoms with Crippen molar-refractivity contribution in [2.24, 2.45) is 16.5 Å². The van der Waals surface area contributed by atoms with Crippen LogP contribution < -0.4 is 11.5 Å². The highest BCUT2D eigenvalue weighted by atomic mass is 15.0. The summed E-state index contributed by atoms with van der Waals surface area (Å²) >= 11 is 0.